The molecular formula is C31H38N6O4. The Morgan fingerprint density at radius 1 is 1.07 bits per heavy atom. The number of para-hydroxylation sites is 2. The number of amides is 2. The highest BCUT2D eigenvalue weighted by molar-refractivity contribution is 5.98. The molecule has 6 rings (SSSR count). The van der Waals surface area contributed by atoms with Gasteiger partial charge >= 0.3 is 0 Å². The molecule has 4 atom stereocenters. The summed E-state index contributed by atoms with van der Waals surface area (Å²) in [5, 5.41) is 7.69. The lowest BCUT2D eigenvalue weighted by molar-refractivity contribution is -0.125. The maximum atomic E-state index is 13.5. The van der Waals surface area contributed by atoms with Gasteiger partial charge in [-0.15, -0.1) is 0 Å². The number of aromatic nitrogens is 2. The number of nitrogens with zero attached hydrogens (tertiary/aromatic N) is 4. The largest absolute Gasteiger partial charge is 0.494 e. The van der Waals surface area contributed by atoms with Gasteiger partial charge in [0.2, 0.25) is 5.91 Å². The van der Waals surface area contributed by atoms with Crippen LogP contribution in [0.5, 0.6) is 5.75 Å². The van der Waals surface area contributed by atoms with Crippen LogP contribution in [0.15, 0.2) is 60.8 Å². The molecule has 41 heavy (non-hydrogen) atoms. The molecule has 3 fully saturated rings. The van der Waals surface area contributed by atoms with Crippen molar-refractivity contribution in [2.45, 2.75) is 18.9 Å². The molecule has 0 saturated carbocycles. The van der Waals surface area contributed by atoms with Gasteiger partial charge in [0.05, 0.1) is 31.9 Å². The monoisotopic (exact) mass is 558 g/mol. The fraction of sp³-hybridized carbons (Fsp3) is 0.452. The Hall–Kier alpha value is -3.89. The Balaban J connectivity index is 1.05. The average molecular weight is 559 g/mol. The van der Waals surface area contributed by atoms with Gasteiger partial charge in [-0.05, 0) is 42.4 Å². The second kappa shape index (κ2) is 11.9. The van der Waals surface area contributed by atoms with Crippen molar-refractivity contribution in [2.75, 3.05) is 58.8 Å². The second-order valence-corrected chi connectivity index (χ2v) is 11.3. The standard InChI is InChI=1S/C31H38N6O4/c1-40-28-10-6-5-9-27(28)37-29(32)25(15-33-37)31(39)36-18-23-16-35(17-24(23)19-36)13-11-26(21-7-3-2-4-8-21)34-30(38)22-12-14-41-20-22/h2-10,15,22-24,26H,11-14,16-20,32H2,1H3,(H,34,38)/t22?,23?,24?,26-/m0/s1. The molecule has 0 aliphatic carbocycles. The molecule has 3 aromatic rings. The minimum absolute atomic E-state index is 0.0365. The lowest BCUT2D eigenvalue weighted by Gasteiger charge is -2.25. The summed E-state index contributed by atoms with van der Waals surface area (Å²) in [7, 11) is 1.60. The van der Waals surface area contributed by atoms with E-state index >= 15 is 0 Å². The number of hydrogen-bond acceptors (Lipinski definition) is 7. The molecule has 3 unspecified atom stereocenters. The minimum atomic E-state index is -0.0765. The van der Waals surface area contributed by atoms with Gasteiger partial charge in [0, 0.05) is 39.3 Å². The minimum Gasteiger partial charge on any atom is -0.494 e. The van der Waals surface area contributed by atoms with Crippen LogP contribution in [0.25, 0.3) is 5.69 Å². The van der Waals surface area contributed by atoms with Crippen molar-refractivity contribution >= 4 is 17.6 Å². The molecule has 2 amide bonds. The lowest BCUT2D eigenvalue weighted by atomic mass is 10.0. The van der Waals surface area contributed by atoms with Gasteiger partial charge < -0.3 is 30.3 Å². The number of nitrogens with two attached hydrogens (primary N) is 1. The molecular weight excluding hydrogens is 520 g/mol. The van der Waals surface area contributed by atoms with Crippen LogP contribution in [0.4, 0.5) is 5.82 Å². The highest BCUT2D eigenvalue weighted by atomic mass is 16.5. The van der Waals surface area contributed by atoms with Crippen molar-refractivity contribution in [2.24, 2.45) is 17.8 Å². The first-order valence-electron chi connectivity index (χ1n) is 14.4. The van der Waals surface area contributed by atoms with Crippen LogP contribution in [0.2, 0.25) is 0 Å². The van der Waals surface area contributed by atoms with Crippen molar-refractivity contribution in [3.05, 3.63) is 71.9 Å². The number of anilines is 1. The summed E-state index contributed by atoms with van der Waals surface area (Å²) in [6, 6.07) is 17.6. The zero-order chi connectivity index (χ0) is 28.3. The zero-order valence-corrected chi connectivity index (χ0v) is 23.4. The first kappa shape index (κ1) is 27.3. The maximum absolute atomic E-state index is 13.5. The molecule has 10 heteroatoms. The Morgan fingerprint density at radius 2 is 1.80 bits per heavy atom. The summed E-state index contributed by atoms with van der Waals surface area (Å²) >= 11 is 0. The first-order chi connectivity index (χ1) is 20.0. The number of likely N-dealkylation sites (tertiary alicyclic amines) is 2. The highest BCUT2D eigenvalue weighted by Crippen LogP contribution is 2.34. The molecule has 0 spiro atoms. The predicted molar refractivity (Wildman–Crippen MR) is 155 cm³/mol. The van der Waals surface area contributed by atoms with E-state index in [4.69, 9.17) is 15.2 Å². The number of carbonyl (C=O) groups is 2. The van der Waals surface area contributed by atoms with Crippen LogP contribution in [-0.2, 0) is 9.53 Å². The van der Waals surface area contributed by atoms with E-state index in [0.29, 0.717) is 61.0 Å². The van der Waals surface area contributed by atoms with E-state index in [9.17, 15) is 9.59 Å². The van der Waals surface area contributed by atoms with E-state index in [1.807, 2.05) is 47.4 Å². The topological polar surface area (TPSA) is 115 Å². The molecule has 4 heterocycles. The number of ether oxygens (including phenoxy) is 2. The number of carbonyl (C=O) groups excluding carboxylic acids is 2. The Morgan fingerprint density at radius 3 is 2.51 bits per heavy atom. The summed E-state index contributed by atoms with van der Waals surface area (Å²) < 4.78 is 12.4. The molecule has 0 radical (unpaired) electrons. The summed E-state index contributed by atoms with van der Waals surface area (Å²) in [6.45, 7) is 5.35. The van der Waals surface area contributed by atoms with Crippen molar-refractivity contribution in [1.82, 2.24) is 24.9 Å². The predicted octanol–water partition coefficient (Wildman–Crippen LogP) is 2.75. The molecule has 3 aliphatic heterocycles. The number of nitrogens with one attached hydrogen (secondary N) is 1. The Bertz CT molecular complexity index is 1360. The molecule has 2 aromatic carbocycles. The third kappa shape index (κ3) is 5.67. The summed E-state index contributed by atoms with van der Waals surface area (Å²) in [5.41, 5.74) is 8.65. The molecule has 216 valence electrons. The van der Waals surface area contributed by atoms with E-state index in [2.05, 4.69) is 27.4 Å². The van der Waals surface area contributed by atoms with Gasteiger partial charge in [0.1, 0.15) is 22.8 Å². The first-order valence-corrected chi connectivity index (χ1v) is 14.4. The van der Waals surface area contributed by atoms with Crippen LogP contribution in [0, 0.1) is 17.8 Å². The number of rotatable bonds is 9. The SMILES string of the molecule is COc1ccccc1-n1ncc(C(=O)N2CC3CN(CC[C@H](NC(=O)C4CCOC4)c4ccccc4)CC3C2)c1N. The van der Waals surface area contributed by atoms with Gasteiger partial charge in [-0.25, -0.2) is 4.68 Å². The van der Waals surface area contributed by atoms with Crippen molar-refractivity contribution in [1.29, 1.82) is 0 Å². The maximum Gasteiger partial charge on any atom is 0.259 e. The number of nitrogen functional groups attached to an aromatic ring is 1. The number of benzene rings is 2. The Kier molecular flexibility index (Phi) is 7.93. The lowest BCUT2D eigenvalue weighted by Crippen LogP contribution is -2.37. The number of fused-ring (bicyclic) bond motifs is 1. The van der Waals surface area contributed by atoms with Gasteiger partial charge in [-0.2, -0.15) is 5.10 Å². The quantitative estimate of drug-likeness (QED) is 0.415. The molecule has 0 bridgehead atoms. The van der Waals surface area contributed by atoms with Crippen molar-refractivity contribution < 1.29 is 19.1 Å². The van der Waals surface area contributed by atoms with E-state index < -0.39 is 0 Å². The van der Waals surface area contributed by atoms with Crippen LogP contribution >= 0.6 is 0 Å². The summed E-state index contributed by atoms with van der Waals surface area (Å²) in [4.78, 5) is 30.7. The van der Waals surface area contributed by atoms with Crippen LogP contribution in [-0.4, -0.2) is 84.4 Å². The third-order valence-electron chi connectivity index (χ3n) is 8.75. The van der Waals surface area contributed by atoms with Crippen molar-refractivity contribution in [3.63, 3.8) is 0 Å². The third-order valence-corrected chi connectivity index (χ3v) is 8.75. The fourth-order valence-corrected chi connectivity index (χ4v) is 6.48. The molecule has 3 saturated heterocycles. The number of hydrogen-bond donors (Lipinski definition) is 2. The molecule has 3 N–H and O–H groups in total. The van der Waals surface area contributed by atoms with Gasteiger partial charge in [-0.3, -0.25) is 9.59 Å². The van der Waals surface area contributed by atoms with E-state index in [0.717, 1.165) is 38.0 Å². The van der Waals surface area contributed by atoms with Gasteiger partial charge in [0.25, 0.3) is 5.91 Å². The second-order valence-electron chi connectivity index (χ2n) is 11.3. The molecule has 3 aliphatic rings. The van der Waals surface area contributed by atoms with E-state index in [-0.39, 0.29) is 23.8 Å². The van der Waals surface area contributed by atoms with Gasteiger partial charge in [0.15, 0.2) is 0 Å². The van der Waals surface area contributed by atoms with E-state index in [1.165, 1.54) is 0 Å². The van der Waals surface area contributed by atoms with Crippen LogP contribution < -0.4 is 15.8 Å². The summed E-state index contributed by atoms with van der Waals surface area (Å²) in [5.74, 6) is 1.74. The van der Waals surface area contributed by atoms with Crippen molar-refractivity contribution in [3.8, 4) is 11.4 Å². The summed E-state index contributed by atoms with van der Waals surface area (Å²) in [6.07, 6.45) is 3.18. The smallest absolute Gasteiger partial charge is 0.259 e. The molecule has 10 nitrogen and oxygen atoms in total. The Labute approximate surface area is 240 Å². The highest BCUT2D eigenvalue weighted by Gasteiger charge is 2.42. The normalized spacial score (nSPS) is 23.0. The average Bonchev–Trinajstić information content (AvgIpc) is 3.80. The van der Waals surface area contributed by atoms with E-state index in [1.54, 1.807) is 18.0 Å². The van der Waals surface area contributed by atoms with Crippen LogP contribution in [0.1, 0.15) is 34.8 Å². The molecule has 1 aromatic heterocycles. The fourth-order valence-electron chi connectivity index (χ4n) is 6.48. The number of methoxy groups -OCH3 is 1. The van der Waals surface area contributed by atoms with Gasteiger partial charge in [-0.1, -0.05) is 42.5 Å². The zero-order valence-electron chi connectivity index (χ0n) is 23.4. The van der Waals surface area contributed by atoms with Crippen LogP contribution in [0.3, 0.4) is 0 Å².